The molecule has 0 aliphatic carbocycles. The summed E-state index contributed by atoms with van der Waals surface area (Å²) in [7, 11) is 0. The van der Waals surface area contributed by atoms with Gasteiger partial charge < -0.3 is 14.8 Å². The molecule has 1 aromatic carbocycles. The van der Waals surface area contributed by atoms with E-state index < -0.39 is 24.9 Å². The number of alkyl halides is 4. The van der Waals surface area contributed by atoms with Crippen molar-refractivity contribution in [2.24, 2.45) is 0 Å². The van der Waals surface area contributed by atoms with Crippen LogP contribution in [0.15, 0.2) is 18.2 Å². The van der Waals surface area contributed by atoms with E-state index in [-0.39, 0.29) is 0 Å². The molecule has 0 amide bonds. The summed E-state index contributed by atoms with van der Waals surface area (Å²) in [5.74, 6) is -2.90. The van der Waals surface area contributed by atoms with Crippen LogP contribution in [0.2, 0.25) is 0 Å². The second kappa shape index (κ2) is 6.51. The van der Waals surface area contributed by atoms with E-state index in [1.165, 1.54) is 0 Å². The SMILES string of the molecule is CC(NCC(F)(F)C(F)F)c1ccc2c(c1)OCCCO2. The highest BCUT2D eigenvalue weighted by molar-refractivity contribution is 5.44. The second-order valence-electron chi connectivity index (χ2n) is 4.92. The Morgan fingerprint density at radius 3 is 2.52 bits per heavy atom. The minimum absolute atomic E-state index is 0.508. The number of fused-ring (bicyclic) bond motifs is 1. The molecule has 1 atom stereocenters. The number of rotatable bonds is 5. The standard InChI is InChI=1S/C14H17F4NO2/c1-9(19-8-14(17,18)13(15)16)10-3-4-11-12(7-10)21-6-2-5-20-11/h3-4,7,9,13,19H,2,5-6,8H2,1H3. The highest BCUT2D eigenvalue weighted by Crippen LogP contribution is 2.32. The van der Waals surface area contributed by atoms with Gasteiger partial charge in [-0.15, -0.1) is 0 Å². The van der Waals surface area contributed by atoms with Gasteiger partial charge >= 0.3 is 12.3 Å². The maximum absolute atomic E-state index is 12.9. The zero-order valence-electron chi connectivity index (χ0n) is 11.5. The summed E-state index contributed by atoms with van der Waals surface area (Å²) in [5.41, 5.74) is 0.671. The molecule has 1 heterocycles. The van der Waals surface area contributed by atoms with E-state index in [9.17, 15) is 17.6 Å². The van der Waals surface area contributed by atoms with Crippen molar-refractivity contribution in [1.82, 2.24) is 5.32 Å². The fourth-order valence-electron chi connectivity index (χ4n) is 1.93. The predicted octanol–water partition coefficient (Wildman–Crippen LogP) is 3.40. The topological polar surface area (TPSA) is 30.5 Å². The molecule has 118 valence electrons. The van der Waals surface area contributed by atoms with Gasteiger partial charge in [-0.3, -0.25) is 0 Å². The molecule has 0 saturated carbocycles. The summed E-state index contributed by atoms with van der Waals surface area (Å²) < 4.78 is 61.0. The summed E-state index contributed by atoms with van der Waals surface area (Å²) in [5, 5.41) is 2.42. The lowest BCUT2D eigenvalue weighted by Crippen LogP contribution is -2.39. The average molecular weight is 307 g/mol. The molecule has 2 rings (SSSR count). The quantitative estimate of drug-likeness (QED) is 0.846. The lowest BCUT2D eigenvalue weighted by molar-refractivity contribution is -0.126. The summed E-state index contributed by atoms with van der Waals surface area (Å²) in [6, 6.07) is 4.57. The van der Waals surface area contributed by atoms with Crippen LogP contribution >= 0.6 is 0 Å². The van der Waals surface area contributed by atoms with Crippen LogP contribution in [-0.4, -0.2) is 32.1 Å². The zero-order chi connectivity index (χ0) is 15.5. The van der Waals surface area contributed by atoms with Gasteiger partial charge in [0.25, 0.3) is 0 Å². The molecule has 21 heavy (non-hydrogen) atoms. The van der Waals surface area contributed by atoms with Gasteiger partial charge in [-0.2, -0.15) is 8.78 Å². The first-order valence-electron chi connectivity index (χ1n) is 6.69. The molecule has 1 unspecified atom stereocenters. The predicted molar refractivity (Wildman–Crippen MR) is 69.4 cm³/mol. The van der Waals surface area contributed by atoms with Crippen LogP contribution in [0.4, 0.5) is 17.6 Å². The van der Waals surface area contributed by atoms with E-state index in [0.717, 1.165) is 6.42 Å². The molecular weight excluding hydrogens is 290 g/mol. The Bertz CT molecular complexity index is 482. The third kappa shape index (κ3) is 4.00. The zero-order valence-corrected chi connectivity index (χ0v) is 11.5. The van der Waals surface area contributed by atoms with Gasteiger partial charge in [0.1, 0.15) is 0 Å². The molecule has 0 bridgehead atoms. The summed E-state index contributed by atoms with van der Waals surface area (Å²) >= 11 is 0. The lowest BCUT2D eigenvalue weighted by atomic mass is 10.1. The molecule has 7 heteroatoms. The first-order chi connectivity index (χ1) is 9.90. The van der Waals surface area contributed by atoms with Crippen molar-refractivity contribution in [2.75, 3.05) is 19.8 Å². The smallest absolute Gasteiger partial charge is 0.319 e. The van der Waals surface area contributed by atoms with Crippen LogP contribution in [0.1, 0.15) is 24.9 Å². The van der Waals surface area contributed by atoms with E-state index in [2.05, 4.69) is 5.32 Å². The van der Waals surface area contributed by atoms with Crippen molar-refractivity contribution >= 4 is 0 Å². The molecular formula is C14H17F4NO2. The van der Waals surface area contributed by atoms with Crippen LogP contribution in [-0.2, 0) is 0 Å². The Hall–Kier alpha value is -1.50. The molecule has 1 N–H and O–H groups in total. The average Bonchev–Trinajstić information content (AvgIpc) is 2.69. The van der Waals surface area contributed by atoms with Crippen molar-refractivity contribution < 1.29 is 27.0 Å². The maximum atomic E-state index is 12.9. The molecule has 3 nitrogen and oxygen atoms in total. The fraction of sp³-hybridized carbons (Fsp3) is 0.571. The number of hydrogen-bond acceptors (Lipinski definition) is 3. The van der Waals surface area contributed by atoms with E-state index >= 15 is 0 Å². The Morgan fingerprint density at radius 2 is 1.86 bits per heavy atom. The highest BCUT2D eigenvalue weighted by atomic mass is 19.3. The van der Waals surface area contributed by atoms with Crippen molar-refractivity contribution in [1.29, 1.82) is 0 Å². The second-order valence-corrected chi connectivity index (χ2v) is 4.92. The van der Waals surface area contributed by atoms with Crippen LogP contribution in [0.3, 0.4) is 0 Å². The van der Waals surface area contributed by atoms with E-state index in [1.807, 2.05) is 0 Å². The van der Waals surface area contributed by atoms with Crippen molar-refractivity contribution in [2.45, 2.75) is 31.7 Å². The maximum Gasteiger partial charge on any atom is 0.319 e. The van der Waals surface area contributed by atoms with Gasteiger partial charge in [-0.25, -0.2) is 8.78 Å². The van der Waals surface area contributed by atoms with Crippen LogP contribution < -0.4 is 14.8 Å². The highest BCUT2D eigenvalue weighted by Gasteiger charge is 2.40. The molecule has 1 aliphatic rings. The summed E-state index contributed by atoms with van der Waals surface area (Å²) in [6.45, 7) is 1.61. The number of hydrogen-bond donors (Lipinski definition) is 1. The van der Waals surface area contributed by atoms with E-state index in [1.54, 1.807) is 25.1 Å². The van der Waals surface area contributed by atoms with Gasteiger partial charge in [0, 0.05) is 12.5 Å². The monoisotopic (exact) mass is 307 g/mol. The third-order valence-corrected chi connectivity index (χ3v) is 3.23. The Morgan fingerprint density at radius 1 is 1.19 bits per heavy atom. The molecule has 0 radical (unpaired) electrons. The third-order valence-electron chi connectivity index (χ3n) is 3.23. The van der Waals surface area contributed by atoms with Gasteiger partial charge in [0.15, 0.2) is 11.5 Å². The van der Waals surface area contributed by atoms with Gasteiger partial charge in [0.2, 0.25) is 0 Å². The van der Waals surface area contributed by atoms with Crippen LogP contribution in [0.25, 0.3) is 0 Å². The fourth-order valence-corrected chi connectivity index (χ4v) is 1.93. The molecule has 0 fully saturated rings. The van der Waals surface area contributed by atoms with E-state index in [0.29, 0.717) is 30.3 Å². The largest absolute Gasteiger partial charge is 0.490 e. The van der Waals surface area contributed by atoms with Crippen molar-refractivity contribution in [3.63, 3.8) is 0 Å². The first-order valence-corrected chi connectivity index (χ1v) is 6.69. The minimum Gasteiger partial charge on any atom is -0.490 e. The summed E-state index contributed by atoms with van der Waals surface area (Å²) in [4.78, 5) is 0. The molecule has 0 spiro atoms. The number of ether oxygens (including phenoxy) is 2. The summed E-state index contributed by atoms with van der Waals surface area (Å²) in [6.07, 6.45) is -2.92. The number of halogens is 4. The van der Waals surface area contributed by atoms with Gasteiger partial charge in [0.05, 0.1) is 19.8 Å². The van der Waals surface area contributed by atoms with Gasteiger partial charge in [-0.1, -0.05) is 6.07 Å². The molecule has 0 aromatic heterocycles. The lowest BCUT2D eigenvalue weighted by Gasteiger charge is -2.20. The molecule has 0 saturated heterocycles. The van der Waals surface area contributed by atoms with Gasteiger partial charge in [-0.05, 0) is 24.6 Å². The minimum atomic E-state index is -4.04. The number of nitrogens with one attached hydrogen (secondary N) is 1. The van der Waals surface area contributed by atoms with Crippen molar-refractivity contribution in [3.05, 3.63) is 23.8 Å². The van der Waals surface area contributed by atoms with Crippen LogP contribution in [0, 0.1) is 0 Å². The Kier molecular flexibility index (Phi) is 4.92. The Balaban J connectivity index is 2.03. The number of benzene rings is 1. The Labute approximate surface area is 120 Å². The molecule has 1 aromatic rings. The first kappa shape index (κ1) is 15.9. The van der Waals surface area contributed by atoms with Crippen molar-refractivity contribution in [3.8, 4) is 11.5 Å². The normalized spacial score (nSPS) is 16.7. The molecule has 1 aliphatic heterocycles. The van der Waals surface area contributed by atoms with E-state index in [4.69, 9.17) is 9.47 Å². The van der Waals surface area contributed by atoms with Crippen LogP contribution in [0.5, 0.6) is 11.5 Å².